The highest BCUT2D eigenvalue weighted by Gasteiger charge is 2.14. The fourth-order valence-corrected chi connectivity index (χ4v) is 2.08. The quantitative estimate of drug-likeness (QED) is 0.859. The summed E-state index contributed by atoms with van der Waals surface area (Å²) in [5.41, 5.74) is 3.08. The fraction of sp³-hybridized carbons (Fsp3) is 0.444. The van der Waals surface area contributed by atoms with Gasteiger partial charge in [0.1, 0.15) is 18.5 Å². The van der Waals surface area contributed by atoms with Gasteiger partial charge in [-0.2, -0.15) is 0 Å². The number of β-amino-alcohol motifs (C(OH)–C–C–N with tert-alkyl or cyclic N) is 1. The topological polar surface area (TPSA) is 54.6 Å². The normalized spacial score (nSPS) is 13.1. The first-order chi connectivity index (χ1) is 10.3. The first-order valence-corrected chi connectivity index (χ1v) is 7.54. The van der Waals surface area contributed by atoms with E-state index in [1.165, 1.54) is 0 Å². The zero-order chi connectivity index (χ0) is 16.2. The Labute approximate surface area is 132 Å². The van der Waals surface area contributed by atoms with E-state index in [1.54, 1.807) is 12.5 Å². The summed E-state index contributed by atoms with van der Waals surface area (Å²) >= 11 is 0. The maximum Gasteiger partial charge on any atom is 0.127 e. The summed E-state index contributed by atoms with van der Waals surface area (Å²) in [5, 5.41) is 13.3. The smallest absolute Gasteiger partial charge is 0.127 e. The van der Waals surface area contributed by atoms with E-state index in [1.807, 2.05) is 25.1 Å². The first kappa shape index (κ1) is 16.6. The molecule has 4 nitrogen and oxygen atoms in total. The molecule has 0 radical (unpaired) electrons. The maximum atomic E-state index is 10.0. The SMILES string of the molecule is Cc1ccc(OCC(O)CNC(C)(C)C)c(-c2ccoc2)c1. The second kappa shape index (κ2) is 6.99. The second-order valence-corrected chi connectivity index (χ2v) is 6.61. The summed E-state index contributed by atoms with van der Waals surface area (Å²) in [7, 11) is 0. The van der Waals surface area contributed by atoms with Crippen LogP contribution < -0.4 is 10.1 Å². The average Bonchev–Trinajstić information content (AvgIpc) is 2.97. The molecular weight excluding hydrogens is 278 g/mol. The number of ether oxygens (including phenoxy) is 1. The average molecular weight is 303 g/mol. The van der Waals surface area contributed by atoms with E-state index in [2.05, 4.69) is 32.2 Å². The van der Waals surface area contributed by atoms with E-state index >= 15 is 0 Å². The zero-order valence-corrected chi connectivity index (χ0v) is 13.7. The molecule has 0 bridgehead atoms. The Hall–Kier alpha value is -1.78. The largest absolute Gasteiger partial charge is 0.490 e. The molecule has 1 aromatic carbocycles. The van der Waals surface area contributed by atoms with Crippen LogP contribution in [-0.4, -0.2) is 29.9 Å². The highest BCUT2D eigenvalue weighted by Crippen LogP contribution is 2.31. The molecule has 0 aliphatic carbocycles. The summed E-state index contributed by atoms with van der Waals surface area (Å²) < 4.78 is 11.0. The van der Waals surface area contributed by atoms with Gasteiger partial charge >= 0.3 is 0 Å². The molecule has 2 aromatic rings. The minimum atomic E-state index is -0.558. The van der Waals surface area contributed by atoms with Crippen molar-refractivity contribution in [2.24, 2.45) is 0 Å². The van der Waals surface area contributed by atoms with Gasteiger partial charge in [-0.05, 0) is 45.9 Å². The molecule has 2 rings (SSSR count). The molecule has 4 heteroatoms. The van der Waals surface area contributed by atoms with Crippen molar-refractivity contribution in [1.29, 1.82) is 0 Å². The van der Waals surface area contributed by atoms with Crippen molar-refractivity contribution in [2.75, 3.05) is 13.2 Å². The van der Waals surface area contributed by atoms with Crippen molar-refractivity contribution < 1.29 is 14.3 Å². The van der Waals surface area contributed by atoms with Crippen molar-refractivity contribution in [2.45, 2.75) is 39.3 Å². The number of rotatable bonds is 6. The Bertz CT molecular complexity index is 585. The van der Waals surface area contributed by atoms with Gasteiger partial charge in [-0.15, -0.1) is 0 Å². The third-order valence-electron chi connectivity index (χ3n) is 3.27. The summed E-state index contributed by atoms with van der Waals surface area (Å²) in [6.45, 7) is 8.98. The van der Waals surface area contributed by atoms with E-state index in [4.69, 9.17) is 9.15 Å². The van der Waals surface area contributed by atoms with Gasteiger partial charge in [-0.3, -0.25) is 0 Å². The van der Waals surface area contributed by atoms with E-state index < -0.39 is 6.10 Å². The van der Waals surface area contributed by atoms with Gasteiger partial charge < -0.3 is 19.6 Å². The van der Waals surface area contributed by atoms with Crippen molar-refractivity contribution in [3.05, 3.63) is 42.4 Å². The number of aliphatic hydroxyl groups is 1. The molecule has 0 fully saturated rings. The van der Waals surface area contributed by atoms with Crippen LogP contribution in [0.1, 0.15) is 26.3 Å². The number of aryl methyl sites for hydroxylation is 1. The van der Waals surface area contributed by atoms with Crippen LogP contribution in [0.25, 0.3) is 11.1 Å². The van der Waals surface area contributed by atoms with Crippen LogP contribution in [0, 0.1) is 6.92 Å². The Morgan fingerprint density at radius 2 is 2.05 bits per heavy atom. The van der Waals surface area contributed by atoms with E-state index in [0.29, 0.717) is 6.54 Å². The summed E-state index contributed by atoms with van der Waals surface area (Å²) in [6.07, 6.45) is 2.78. The van der Waals surface area contributed by atoms with Crippen molar-refractivity contribution in [3.63, 3.8) is 0 Å². The molecule has 0 aliphatic heterocycles. The Morgan fingerprint density at radius 3 is 2.68 bits per heavy atom. The molecule has 2 N–H and O–H groups in total. The van der Waals surface area contributed by atoms with E-state index in [9.17, 15) is 5.11 Å². The van der Waals surface area contributed by atoms with Gasteiger partial charge in [0.25, 0.3) is 0 Å². The predicted octanol–water partition coefficient (Wildman–Crippen LogP) is 3.38. The van der Waals surface area contributed by atoms with Crippen LogP contribution in [0.5, 0.6) is 5.75 Å². The van der Waals surface area contributed by atoms with E-state index in [0.717, 1.165) is 22.4 Å². The van der Waals surface area contributed by atoms with Crippen molar-refractivity contribution in [1.82, 2.24) is 5.32 Å². The third-order valence-corrected chi connectivity index (χ3v) is 3.27. The van der Waals surface area contributed by atoms with Gasteiger partial charge in [0.2, 0.25) is 0 Å². The van der Waals surface area contributed by atoms with Crippen molar-refractivity contribution in [3.8, 4) is 16.9 Å². The number of hydrogen-bond donors (Lipinski definition) is 2. The Morgan fingerprint density at radius 1 is 1.27 bits per heavy atom. The van der Waals surface area contributed by atoms with Gasteiger partial charge in [0.15, 0.2) is 0 Å². The maximum absolute atomic E-state index is 10.0. The molecule has 1 unspecified atom stereocenters. The lowest BCUT2D eigenvalue weighted by molar-refractivity contribution is 0.100. The van der Waals surface area contributed by atoms with Gasteiger partial charge in [0, 0.05) is 23.2 Å². The van der Waals surface area contributed by atoms with Gasteiger partial charge in [0.05, 0.1) is 12.5 Å². The van der Waals surface area contributed by atoms with Crippen LogP contribution >= 0.6 is 0 Å². The van der Waals surface area contributed by atoms with Gasteiger partial charge in [-0.25, -0.2) is 0 Å². The highest BCUT2D eigenvalue weighted by molar-refractivity contribution is 5.70. The molecule has 0 aliphatic rings. The number of benzene rings is 1. The molecule has 0 saturated carbocycles. The molecule has 1 atom stereocenters. The molecule has 1 heterocycles. The molecule has 0 spiro atoms. The lowest BCUT2D eigenvalue weighted by Gasteiger charge is -2.23. The fourth-order valence-electron chi connectivity index (χ4n) is 2.08. The summed E-state index contributed by atoms with van der Waals surface area (Å²) in [6, 6.07) is 7.89. The number of aliphatic hydroxyl groups excluding tert-OH is 1. The third kappa shape index (κ3) is 4.90. The summed E-state index contributed by atoms with van der Waals surface area (Å²) in [5.74, 6) is 0.752. The first-order valence-electron chi connectivity index (χ1n) is 7.54. The number of furan rings is 1. The minimum absolute atomic E-state index is 0.0210. The van der Waals surface area contributed by atoms with Gasteiger partial charge in [-0.1, -0.05) is 11.6 Å². The highest BCUT2D eigenvalue weighted by atomic mass is 16.5. The second-order valence-electron chi connectivity index (χ2n) is 6.61. The molecule has 0 saturated heterocycles. The van der Waals surface area contributed by atoms with Crippen LogP contribution in [0.4, 0.5) is 0 Å². The van der Waals surface area contributed by atoms with Crippen LogP contribution in [0.15, 0.2) is 41.2 Å². The Kier molecular flexibility index (Phi) is 5.27. The van der Waals surface area contributed by atoms with Crippen LogP contribution in [0.3, 0.4) is 0 Å². The molecular formula is C18H25NO3. The standard InChI is InChI=1S/C18H25NO3/c1-13-5-6-17(16(9-13)14-7-8-21-11-14)22-12-15(20)10-19-18(2,3)4/h5-9,11,15,19-20H,10,12H2,1-4H3. The summed E-state index contributed by atoms with van der Waals surface area (Å²) in [4.78, 5) is 0. The Balaban J connectivity index is 2.01. The number of nitrogens with one attached hydrogen (secondary N) is 1. The van der Waals surface area contributed by atoms with Crippen LogP contribution in [0.2, 0.25) is 0 Å². The van der Waals surface area contributed by atoms with Crippen LogP contribution in [-0.2, 0) is 0 Å². The lowest BCUT2D eigenvalue weighted by Crippen LogP contribution is -2.42. The minimum Gasteiger partial charge on any atom is -0.490 e. The molecule has 1 aromatic heterocycles. The zero-order valence-electron chi connectivity index (χ0n) is 13.7. The molecule has 0 amide bonds. The van der Waals surface area contributed by atoms with Crippen molar-refractivity contribution >= 4 is 0 Å². The van der Waals surface area contributed by atoms with E-state index in [-0.39, 0.29) is 12.1 Å². The number of hydrogen-bond acceptors (Lipinski definition) is 4. The molecule has 22 heavy (non-hydrogen) atoms. The monoisotopic (exact) mass is 303 g/mol. The molecule has 120 valence electrons. The lowest BCUT2D eigenvalue weighted by atomic mass is 10.1. The predicted molar refractivity (Wildman–Crippen MR) is 88.1 cm³/mol.